The summed E-state index contributed by atoms with van der Waals surface area (Å²) in [5.74, 6) is 0.756. The summed E-state index contributed by atoms with van der Waals surface area (Å²) in [4.78, 5) is 16.8. The number of fused-ring (bicyclic) bond motifs is 1. The Bertz CT molecular complexity index is 801. The number of aryl methyl sites for hydroxylation is 1. The lowest BCUT2D eigenvalue weighted by Crippen LogP contribution is -2.24. The van der Waals surface area contributed by atoms with E-state index >= 15 is 0 Å². The van der Waals surface area contributed by atoms with Crippen LogP contribution < -0.4 is 10.3 Å². The summed E-state index contributed by atoms with van der Waals surface area (Å²) in [6.07, 6.45) is 4.92. The molecule has 6 heteroatoms. The Morgan fingerprint density at radius 1 is 1.57 bits per heavy atom. The Morgan fingerprint density at radius 3 is 3.13 bits per heavy atom. The first-order valence-corrected chi connectivity index (χ1v) is 7.79. The Kier molecular flexibility index (Phi) is 4.58. The third-order valence-corrected chi connectivity index (χ3v) is 4.27. The van der Waals surface area contributed by atoms with E-state index in [0.29, 0.717) is 23.4 Å². The maximum Gasteiger partial charge on any atom is 0.260 e. The number of hydrogen-bond acceptors (Lipinski definition) is 5. The molecule has 0 N–H and O–H groups in total. The first-order chi connectivity index (χ1) is 11.2. The quantitative estimate of drug-likeness (QED) is 0.864. The summed E-state index contributed by atoms with van der Waals surface area (Å²) >= 11 is 0. The SMILES string of the molecule is COc1nc2ccn(CC[C@@H]3CCCOC3)c(=O)c2cc1C#N. The average molecular weight is 313 g/mol. The van der Waals surface area contributed by atoms with Crippen LogP contribution >= 0.6 is 0 Å². The lowest BCUT2D eigenvalue weighted by molar-refractivity contribution is 0.0500. The van der Waals surface area contributed by atoms with Crippen molar-refractivity contribution >= 4 is 10.9 Å². The Balaban J connectivity index is 1.89. The average Bonchev–Trinajstić information content (AvgIpc) is 2.61. The minimum atomic E-state index is -0.120. The lowest BCUT2D eigenvalue weighted by Gasteiger charge is -2.22. The zero-order valence-electron chi connectivity index (χ0n) is 13.1. The van der Waals surface area contributed by atoms with Gasteiger partial charge >= 0.3 is 0 Å². The van der Waals surface area contributed by atoms with E-state index in [1.807, 2.05) is 6.07 Å². The molecule has 120 valence electrons. The zero-order chi connectivity index (χ0) is 16.2. The summed E-state index contributed by atoms with van der Waals surface area (Å²) in [5.41, 5.74) is 0.699. The number of aromatic nitrogens is 2. The molecular weight excluding hydrogens is 294 g/mol. The van der Waals surface area contributed by atoms with Crippen LogP contribution in [0.5, 0.6) is 5.88 Å². The maximum atomic E-state index is 12.6. The van der Waals surface area contributed by atoms with Gasteiger partial charge in [-0.2, -0.15) is 5.26 Å². The van der Waals surface area contributed by atoms with E-state index in [1.165, 1.54) is 7.11 Å². The van der Waals surface area contributed by atoms with Crippen LogP contribution in [0.3, 0.4) is 0 Å². The van der Waals surface area contributed by atoms with Crippen LogP contribution in [0.15, 0.2) is 23.1 Å². The molecular formula is C17H19N3O3. The van der Waals surface area contributed by atoms with Gasteiger partial charge in [-0.15, -0.1) is 0 Å². The van der Waals surface area contributed by atoms with Gasteiger partial charge in [0, 0.05) is 26.0 Å². The number of rotatable bonds is 4. The molecule has 0 saturated carbocycles. The molecule has 23 heavy (non-hydrogen) atoms. The van der Waals surface area contributed by atoms with Gasteiger partial charge in [0.25, 0.3) is 5.56 Å². The molecule has 0 amide bonds. The van der Waals surface area contributed by atoms with Gasteiger partial charge in [0.05, 0.1) is 18.0 Å². The summed E-state index contributed by atoms with van der Waals surface area (Å²) in [5, 5.41) is 9.60. The molecule has 0 spiro atoms. The van der Waals surface area contributed by atoms with Crippen molar-refractivity contribution in [1.29, 1.82) is 5.26 Å². The van der Waals surface area contributed by atoms with Gasteiger partial charge in [0.1, 0.15) is 11.6 Å². The minimum Gasteiger partial charge on any atom is -0.480 e. The highest BCUT2D eigenvalue weighted by atomic mass is 16.5. The fourth-order valence-electron chi connectivity index (χ4n) is 2.96. The number of nitriles is 1. The highest BCUT2D eigenvalue weighted by Gasteiger charge is 2.15. The molecule has 3 rings (SSSR count). The highest BCUT2D eigenvalue weighted by molar-refractivity contribution is 5.79. The molecule has 0 aromatic carbocycles. The number of hydrogen-bond donors (Lipinski definition) is 0. The summed E-state index contributed by atoms with van der Waals surface area (Å²) < 4.78 is 12.3. The van der Waals surface area contributed by atoms with Crippen molar-refractivity contribution in [1.82, 2.24) is 9.55 Å². The van der Waals surface area contributed by atoms with Crippen molar-refractivity contribution in [2.24, 2.45) is 5.92 Å². The van der Waals surface area contributed by atoms with Crippen LogP contribution in [0.25, 0.3) is 10.9 Å². The lowest BCUT2D eigenvalue weighted by atomic mass is 9.99. The standard InChI is InChI=1S/C17H19N3O3/c1-22-16-13(10-18)9-14-15(19-16)5-7-20(17(14)21)6-4-12-3-2-8-23-11-12/h5,7,9,12H,2-4,6,8,11H2,1H3/t12-/m0/s1. The van der Waals surface area contributed by atoms with E-state index in [0.717, 1.165) is 32.5 Å². The van der Waals surface area contributed by atoms with Crippen molar-refractivity contribution in [3.8, 4) is 11.9 Å². The van der Waals surface area contributed by atoms with Crippen LogP contribution in [-0.4, -0.2) is 29.9 Å². The van der Waals surface area contributed by atoms with Crippen molar-refractivity contribution in [2.45, 2.75) is 25.8 Å². The number of methoxy groups -OCH3 is 1. The van der Waals surface area contributed by atoms with Crippen molar-refractivity contribution in [3.63, 3.8) is 0 Å². The fourth-order valence-corrected chi connectivity index (χ4v) is 2.96. The highest BCUT2D eigenvalue weighted by Crippen LogP contribution is 2.20. The predicted octanol–water partition coefficient (Wildman–Crippen LogP) is 2.09. The molecule has 1 saturated heterocycles. The molecule has 2 aromatic heterocycles. The molecule has 0 unspecified atom stereocenters. The van der Waals surface area contributed by atoms with Gasteiger partial charge in [-0.05, 0) is 37.3 Å². The molecule has 6 nitrogen and oxygen atoms in total. The van der Waals surface area contributed by atoms with Crippen LogP contribution in [0.1, 0.15) is 24.8 Å². The van der Waals surface area contributed by atoms with Gasteiger partial charge in [-0.3, -0.25) is 4.79 Å². The van der Waals surface area contributed by atoms with Crippen LogP contribution in [-0.2, 0) is 11.3 Å². The molecule has 1 atom stereocenters. The van der Waals surface area contributed by atoms with Gasteiger partial charge in [-0.1, -0.05) is 0 Å². The molecule has 0 bridgehead atoms. The van der Waals surface area contributed by atoms with Crippen LogP contribution in [0.2, 0.25) is 0 Å². The van der Waals surface area contributed by atoms with Crippen molar-refractivity contribution in [3.05, 3.63) is 34.2 Å². The van der Waals surface area contributed by atoms with Crippen LogP contribution in [0, 0.1) is 17.2 Å². The molecule has 0 radical (unpaired) electrons. The second kappa shape index (κ2) is 6.80. The first-order valence-electron chi connectivity index (χ1n) is 7.79. The van der Waals surface area contributed by atoms with E-state index in [4.69, 9.17) is 14.7 Å². The normalized spacial score (nSPS) is 17.8. The number of pyridine rings is 2. The van der Waals surface area contributed by atoms with E-state index < -0.39 is 0 Å². The zero-order valence-corrected chi connectivity index (χ0v) is 13.1. The predicted molar refractivity (Wildman–Crippen MR) is 85.4 cm³/mol. The molecule has 2 aromatic rings. The van der Waals surface area contributed by atoms with Gasteiger partial charge in [-0.25, -0.2) is 4.98 Å². The summed E-state index contributed by atoms with van der Waals surface area (Å²) in [6, 6.07) is 5.37. The Hall–Kier alpha value is -2.39. The monoisotopic (exact) mass is 313 g/mol. The van der Waals surface area contributed by atoms with E-state index in [9.17, 15) is 4.79 Å². The topological polar surface area (TPSA) is 77.1 Å². The summed E-state index contributed by atoms with van der Waals surface area (Å²) in [7, 11) is 1.46. The smallest absolute Gasteiger partial charge is 0.260 e. The fraction of sp³-hybridized carbons (Fsp3) is 0.471. The summed E-state index contributed by atoms with van der Waals surface area (Å²) in [6.45, 7) is 2.27. The van der Waals surface area contributed by atoms with Crippen molar-refractivity contribution < 1.29 is 9.47 Å². The number of nitrogens with zero attached hydrogens (tertiary/aromatic N) is 3. The Labute approximate surface area is 134 Å². The minimum absolute atomic E-state index is 0.120. The number of ether oxygens (including phenoxy) is 2. The van der Waals surface area contributed by atoms with Crippen molar-refractivity contribution in [2.75, 3.05) is 20.3 Å². The second-order valence-electron chi connectivity index (χ2n) is 5.78. The Morgan fingerprint density at radius 2 is 2.43 bits per heavy atom. The van der Waals surface area contributed by atoms with E-state index in [1.54, 1.807) is 22.9 Å². The molecule has 1 aliphatic rings. The van der Waals surface area contributed by atoms with Gasteiger partial charge in [0.15, 0.2) is 0 Å². The second-order valence-corrected chi connectivity index (χ2v) is 5.78. The van der Waals surface area contributed by atoms with Gasteiger partial charge < -0.3 is 14.0 Å². The third kappa shape index (κ3) is 3.20. The third-order valence-electron chi connectivity index (χ3n) is 4.27. The first kappa shape index (κ1) is 15.5. The van der Waals surface area contributed by atoms with Gasteiger partial charge in [0.2, 0.25) is 5.88 Å². The molecule has 0 aliphatic carbocycles. The molecule has 1 aliphatic heterocycles. The largest absolute Gasteiger partial charge is 0.480 e. The maximum absolute atomic E-state index is 12.6. The van der Waals surface area contributed by atoms with E-state index in [2.05, 4.69) is 4.98 Å². The molecule has 3 heterocycles. The molecule has 1 fully saturated rings. The van der Waals surface area contributed by atoms with E-state index in [-0.39, 0.29) is 17.0 Å². The van der Waals surface area contributed by atoms with Crippen LogP contribution in [0.4, 0.5) is 0 Å².